The van der Waals surface area contributed by atoms with Crippen LogP contribution < -0.4 is 4.90 Å². The zero-order valence-electron chi connectivity index (χ0n) is 11.0. The minimum absolute atomic E-state index is 0.615. The maximum Gasteiger partial charge on any atom is 0.150 e. The Bertz CT molecular complexity index is 425. The molecule has 1 heterocycles. The largest absolute Gasteiger partial charge is 0.369 e. The van der Waals surface area contributed by atoms with Crippen LogP contribution in [0, 0.1) is 13.8 Å². The first-order valence-corrected chi connectivity index (χ1v) is 6.46. The Labute approximate surface area is 104 Å². The molecule has 2 rings (SSSR count). The SMILES string of the molecule is Cc1cc(N2CCCCC2C)c(C)cc1C=O. The third-order valence-electron chi connectivity index (χ3n) is 3.82. The molecule has 1 aromatic carbocycles. The Balaban J connectivity index is 2.37. The summed E-state index contributed by atoms with van der Waals surface area (Å²) < 4.78 is 0. The topological polar surface area (TPSA) is 20.3 Å². The number of piperidine rings is 1. The Morgan fingerprint density at radius 3 is 2.65 bits per heavy atom. The predicted octanol–water partition coefficient (Wildman–Crippen LogP) is 3.49. The zero-order valence-corrected chi connectivity index (χ0v) is 11.0. The van der Waals surface area contributed by atoms with Gasteiger partial charge in [0, 0.05) is 23.8 Å². The van der Waals surface area contributed by atoms with E-state index in [1.165, 1.54) is 30.5 Å². The summed E-state index contributed by atoms with van der Waals surface area (Å²) in [5, 5.41) is 0. The van der Waals surface area contributed by atoms with Crippen molar-refractivity contribution in [3.63, 3.8) is 0 Å². The van der Waals surface area contributed by atoms with E-state index in [9.17, 15) is 4.79 Å². The highest BCUT2D eigenvalue weighted by atomic mass is 16.1. The number of anilines is 1. The van der Waals surface area contributed by atoms with E-state index in [1.807, 2.05) is 13.0 Å². The number of carbonyl (C=O) groups is 1. The third kappa shape index (κ3) is 2.36. The molecule has 17 heavy (non-hydrogen) atoms. The molecule has 2 nitrogen and oxygen atoms in total. The molecule has 0 radical (unpaired) electrons. The smallest absolute Gasteiger partial charge is 0.150 e. The van der Waals surface area contributed by atoms with Gasteiger partial charge < -0.3 is 4.90 Å². The summed E-state index contributed by atoms with van der Waals surface area (Å²) in [6.45, 7) is 7.55. The lowest BCUT2D eigenvalue weighted by molar-refractivity contribution is 0.112. The molecular weight excluding hydrogens is 210 g/mol. The molecule has 0 aromatic heterocycles. The molecule has 0 bridgehead atoms. The maximum absolute atomic E-state index is 10.9. The van der Waals surface area contributed by atoms with Crippen molar-refractivity contribution in [3.8, 4) is 0 Å². The van der Waals surface area contributed by atoms with Crippen molar-refractivity contribution in [2.24, 2.45) is 0 Å². The predicted molar refractivity (Wildman–Crippen MR) is 72.0 cm³/mol. The minimum atomic E-state index is 0.615. The second-order valence-electron chi connectivity index (χ2n) is 5.15. The van der Waals surface area contributed by atoms with Crippen molar-refractivity contribution in [2.45, 2.75) is 46.1 Å². The maximum atomic E-state index is 10.9. The van der Waals surface area contributed by atoms with Crippen LogP contribution in [0.2, 0.25) is 0 Å². The normalized spacial score (nSPS) is 20.4. The summed E-state index contributed by atoms with van der Waals surface area (Å²) >= 11 is 0. The molecule has 0 aliphatic carbocycles. The minimum Gasteiger partial charge on any atom is -0.369 e. The Morgan fingerprint density at radius 2 is 2.00 bits per heavy atom. The highest BCUT2D eigenvalue weighted by Gasteiger charge is 2.20. The van der Waals surface area contributed by atoms with E-state index in [-0.39, 0.29) is 0 Å². The van der Waals surface area contributed by atoms with Crippen LogP contribution in [0.3, 0.4) is 0 Å². The zero-order chi connectivity index (χ0) is 12.4. The molecule has 0 saturated carbocycles. The lowest BCUT2D eigenvalue weighted by Gasteiger charge is -2.36. The highest BCUT2D eigenvalue weighted by Crippen LogP contribution is 2.29. The van der Waals surface area contributed by atoms with Gasteiger partial charge >= 0.3 is 0 Å². The number of rotatable bonds is 2. The second-order valence-corrected chi connectivity index (χ2v) is 5.15. The van der Waals surface area contributed by atoms with Crippen LogP contribution in [0.5, 0.6) is 0 Å². The monoisotopic (exact) mass is 231 g/mol. The van der Waals surface area contributed by atoms with Gasteiger partial charge in [-0.05, 0) is 63.3 Å². The van der Waals surface area contributed by atoms with E-state index in [0.717, 1.165) is 24.0 Å². The van der Waals surface area contributed by atoms with Gasteiger partial charge in [-0.25, -0.2) is 0 Å². The van der Waals surface area contributed by atoms with E-state index in [1.54, 1.807) is 0 Å². The standard InChI is InChI=1S/C15H21NO/c1-11-9-15(12(2)8-14(11)10-17)16-7-5-4-6-13(16)3/h8-10,13H,4-7H2,1-3H3. The summed E-state index contributed by atoms with van der Waals surface area (Å²) in [6, 6.07) is 4.80. The lowest BCUT2D eigenvalue weighted by Crippen LogP contribution is -2.37. The number of carbonyl (C=O) groups excluding carboxylic acids is 1. The fourth-order valence-corrected chi connectivity index (χ4v) is 2.72. The van der Waals surface area contributed by atoms with Crippen LogP contribution in [-0.4, -0.2) is 18.9 Å². The molecule has 1 fully saturated rings. The summed E-state index contributed by atoms with van der Waals surface area (Å²) in [7, 11) is 0. The fourth-order valence-electron chi connectivity index (χ4n) is 2.72. The van der Waals surface area contributed by atoms with Crippen molar-refractivity contribution < 1.29 is 4.79 Å². The molecule has 92 valence electrons. The molecule has 0 N–H and O–H groups in total. The molecule has 1 saturated heterocycles. The van der Waals surface area contributed by atoms with Gasteiger partial charge in [0.05, 0.1) is 0 Å². The first kappa shape index (κ1) is 12.2. The molecule has 0 amide bonds. The van der Waals surface area contributed by atoms with Crippen molar-refractivity contribution in [1.29, 1.82) is 0 Å². The molecule has 1 aliphatic rings. The number of hydrogen-bond acceptors (Lipinski definition) is 2. The Morgan fingerprint density at radius 1 is 1.24 bits per heavy atom. The molecule has 1 aromatic rings. The quantitative estimate of drug-likeness (QED) is 0.726. The van der Waals surface area contributed by atoms with E-state index < -0.39 is 0 Å². The highest BCUT2D eigenvalue weighted by molar-refractivity contribution is 5.79. The first-order valence-electron chi connectivity index (χ1n) is 6.46. The van der Waals surface area contributed by atoms with Gasteiger partial charge in [-0.15, -0.1) is 0 Å². The number of hydrogen-bond donors (Lipinski definition) is 0. The van der Waals surface area contributed by atoms with E-state index in [4.69, 9.17) is 0 Å². The number of aryl methyl sites for hydroxylation is 2. The van der Waals surface area contributed by atoms with Gasteiger partial charge in [-0.3, -0.25) is 4.79 Å². The van der Waals surface area contributed by atoms with E-state index in [2.05, 4.69) is 24.8 Å². The van der Waals surface area contributed by atoms with Gasteiger partial charge in [0.1, 0.15) is 6.29 Å². The van der Waals surface area contributed by atoms with Crippen molar-refractivity contribution in [2.75, 3.05) is 11.4 Å². The van der Waals surface area contributed by atoms with Gasteiger partial charge in [0.15, 0.2) is 0 Å². The molecule has 1 atom stereocenters. The molecular formula is C15H21NO. The van der Waals surface area contributed by atoms with Crippen molar-refractivity contribution in [1.82, 2.24) is 0 Å². The summed E-state index contributed by atoms with van der Waals surface area (Å²) in [4.78, 5) is 13.4. The fraction of sp³-hybridized carbons (Fsp3) is 0.533. The average molecular weight is 231 g/mol. The summed E-state index contributed by atoms with van der Waals surface area (Å²) in [5.74, 6) is 0. The van der Waals surface area contributed by atoms with E-state index >= 15 is 0 Å². The van der Waals surface area contributed by atoms with E-state index in [0.29, 0.717) is 6.04 Å². The Hall–Kier alpha value is -1.31. The van der Waals surface area contributed by atoms with Crippen LogP contribution in [0.1, 0.15) is 47.7 Å². The van der Waals surface area contributed by atoms with Gasteiger partial charge in [-0.2, -0.15) is 0 Å². The second kappa shape index (κ2) is 4.91. The number of aldehydes is 1. The van der Waals surface area contributed by atoms with Crippen LogP contribution in [-0.2, 0) is 0 Å². The van der Waals surface area contributed by atoms with Crippen LogP contribution in [0.15, 0.2) is 12.1 Å². The average Bonchev–Trinajstić information content (AvgIpc) is 2.32. The van der Waals surface area contributed by atoms with Crippen LogP contribution >= 0.6 is 0 Å². The first-order chi connectivity index (χ1) is 8.13. The summed E-state index contributed by atoms with van der Waals surface area (Å²) in [6.07, 6.45) is 4.83. The number of benzene rings is 1. The van der Waals surface area contributed by atoms with Crippen molar-refractivity contribution >= 4 is 12.0 Å². The van der Waals surface area contributed by atoms with Crippen LogP contribution in [0.4, 0.5) is 5.69 Å². The van der Waals surface area contributed by atoms with Crippen molar-refractivity contribution in [3.05, 3.63) is 28.8 Å². The molecule has 2 heteroatoms. The van der Waals surface area contributed by atoms with Gasteiger partial charge in [0.2, 0.25) is 0 Å². The van der Waals surface area contributed by atoms with Crippen LogP contribution in [0.25, 0.3) is 0 Å². The molecule has 1 aliphatic heterocycles. The Kier molecular flexibility index (Phi) is 3.51. The summed E-state index contributed by atoms with van der Waals surface area (Å²) in [5.41, 5.74) is 4.42. The third-order valence-corrected chi connectivity index (χ3v) is 3.82. The van der Waals surface area contributed by atoms with Gasteiger partial charge in [0.25, 0.3) is 0 Å². The molecule has 0 spiro atoms. The lowest BCUT2D eigenvalue weighted by atomic mass is 9.98. The molecule has 1 unspecified atom stereocenters. The number of nitrogens with zero attached hydrogens (tertiary/aromatic N) is 1. The van der Waals surface area contributed by atoms with Gasteiger partial charge in [-0.1, -0.05) is 0 Å².